The number of hydrogen-bond acceptors (Lipinski definition) is 6. The van der Waals surface area contributed by atoms with Crippen LogP contribution in [-0.2, 0) is 26.6 Å². The van der Waals surface area contributed by atoms with Gasteiger partial charge in [0.05, 0.1) is 7.11 Å². The molecule has 18 heavy (non-hydrogen) atoms. The molecular formula is C9H12N4O4S. The van der Waals surface area contributed by atoms with Crippen LogP contribution in [0.3, 0.4) is 0 Å². The molecule has 0 spiro atoms. The fraction of sp³-hybridized carbons (Fsp3) is 0.444. The van der Waals surface area contributed by atoms with Gasteiger partial charge in [-0.25, -0.2) is 8.42 Å². The molecule has 1 aromatic heterocycles. The van der Waals surface area contributed by atoms with Crippen molar-refractivity contribution >= 4 is 21.8 Å². The van der Waals surface area contributed by atoms with Gasteiger partial charge in [0, 0.05) is 13.2 Å². The maximum absolute atomic E-state index is 11.8. The summed E-state index contributed by atoms with van der Waals surface area (Å²) >= 11 is 0. The van der Waals surface area contributed by atoms with Crippen LogP contribution in [-0.4, -0.2) is 36.5 Å². The van der Waals surface area contributed by atoms with Crippen LogP contribution >= 0.6 is 0 Å². The molecule has 1 N–H and O–H groups in total. The van der Waals surface area contributed by atoms with Crippen molar-refractivity contribution in [1.82, 2.24) is 9.78 Å². The molecule has 0 aliphatic rings. The van der Waals surface area contributed by atoms with Gasteiger partial charge < -0.3 is 4.74 Å². The Bertz CT molecular complexity index is 599. The van der Waals surface area contributed by atoms with Crippen LogP contribution in [0.15, 0.2) is 6.20 Å². The number of esters is 1. The number of nitrogens with one attached hydrogen (secondary N) is 1. The van der Waals surface area contributed by atoms with Gasteiger partial charge in [-0.15, -0.1) is 0 Å². The first-order valence-electron chi connectivity index (χ1n) is 4.85. The number of methoxy groups -OCH3 is 1. The monoisotopic (exact) mass is 272 g/mol. The van der Waals surface area contributed by atoms with E-state index in [1.165, 1.54) is 17.8 Å². The maximum Gasteiger partial charge on any atom is 0.325 e. The minimum absolute atomic E-state index is 0.0677. The standard InChI is InChI=1S/C9H12N4O4S/c1-6(9(14)17-3)18(15,16)12-8-7(4-10)5-13(2)11-8/h5-6H,1-3H3,(H,11,12). The number of hydrogen-bond donors (Lipinski definition) is 1. The van der Waals surface area contributed by atoms with E-state index in [9.17, 15) is 13.2 Å². The van der Waals surface area contributed by atoms with Crippen LogP contribution in [0.2, 0.25) is 0 Å². The lowest BCUT2D eigenvalue weighted by atomic mass is 10.4. The highest BCUT2D eigenvalue weighted by Gasteiger charge is 2.30. The summed E-state index contributed by atoms with van der Waals surface area (Å²) in [5.74, 6) is -1.01. The molecule has 0 fully saturated rings. The van der Waals surface area contributed by atoms with Crippen LogP contribution in [0.1, 0.15) is 12.5 Å². The normalized spacial score (nSPS) is 12.6. The van der Waals surface area contributed by atoms with Crippen molar-refractivity contribution in [3.63, 3.8) is 0 Å². The second kappa shape index (κ2) is 5.05. The second-order valence-electron chi connectivity index (χ2n) is 3.49. The van der Waals surface area contributed by atoms with Crippen LogP contribution in [0.25, 0.3) is 0 Å². The smallest absolute Gasteiger partial charge is 0.325 e. The molecule has 0 amide bonds. The molecular weight excluding hydrogens is 260 g/mol. The Balaban J connectivity index is 3.03. The largest absolute Gasteiger partial charge is 0.468 e. The Labute approximate surface area is 104 Å². The Morgan fingerprint density at radius 3 is 2.78 bits per heavy atom. The second-order valence-corrected chi connectivity index (χ2v) is 5.49. The summed E-state index contributed by atoms with van der Waals surface area (Å²) < 4.78 is 31.3. The Kier molecular flexibility index (Phi) is 3.93. The predicted molar refractivity (Wildman–Crippen MR) is 61.9 cm³/mol. The number of rotatable bonds is 4. The van der Waals surface area contributed by atoms with Gasteiger partial charge in [-0.05, 0) is 6.92 Å². The van der Waals surface area contributed by atoms with Crippen molar-refractivity contribution in [2.45, 2.75) is 12.2 Å². The lowest BCUT2D eigenvalue weighted by molar-refractivity contribution is -0.139. The van der Waals surface area contributed by atoms with Gasteiger partial charge in [-0.2, -0.15) is 10.4 Å². The van der Waals surface area contributed by atoms with Crippen LogP contribution in [0.5, 0.6) is 0 Å². The van der Waals surface area contributed by atoms with E-state index in [-0.39, 0.29) is 11.4 Å². The topological polar surface area (TPSA) is 114 Å². The number of carbonyl (C=O) groups is 1. The van der Waals surface area contributed by atoms with E-state index in [0.717, 1.165) is 7.11 Å². The molecule has 1 atom stereocenters. The van der Waals surface area contributed by atoms with E-state index in [2.05, 4.69) is 14.6 Å². The molecule has 9 heteroatoms. The third kappa shape index (κ3) is 2.78. The van der Waals surface area contributed by atoms with Gasteiger partial charge in [0.1, 0.15) is 11.6 Å². The van der Waals surface area contributed by atoms with Crippen molar-refractivity contribution < 1.29 is 17.9 Å². The molecule has 0 saturated heterocycles. The summed E-state index contributed by atoms with van der Waals surface area (Å²) in [7, 11) is -1.36. The number of carbonyl (C=O) groups excluding carboxylic acids is 1. The number of ether oxygens (including phenoxy) is 1. The van der Waals surface area contributed by atoms with Crippen LogP contribution < -0.4 is 4.72 Å². The fourth-order valence-corrected chi connectivity index (χ4v) is 2.11. The highest BCUT2D eigenvalue weighted by atomic mass is 32.2. The summed E-state index contributed by atoms with van der Waals surface area (Å²) in [6.07, 6.45) is 1.36. The minimum Gasteiger partial charge on any atom is -0.468 e. The molecule has 1 aromatic rings. The van der Waals surface area contributed by atoms with Crippen molar-refractivity contribution in [1.29, 1.82) is 5.26 Å². The highest BCUT2D eigenvalue weighted by molar-refractivity contribution is 7.94. The molecule has 0 aromatic carbocycles. The van der Waals surface area contributed by atoms with E-state index in [4.69, 9.17) is 5.26 Å². The maximum atomic E-state index is 11.8. The van der Waals surface area contributed by atoms with Gasteiger partial charge >= 0.3 is 5.97 Å². The first-order valence-corrected chi connectivity index (χ1v) is 6.39. The number of nitrogens with zero attached hydrogens (tertiary/aromatic N) is 3. The third-order valence-corrected chi connectivity index (χ3v) is 3.79. The molecule has 98 valence electrons. The molecule has 1 rings (SSSR count). The van der Waals surface area contributed by atoms with E-state index in [1.807, 2.05) is 0 Å². The highest BCUT2D eigenvalue weighted by Crippen LogP contribution is 2.15. The van der Waals surface area contributed by atoms with Crippen molar-refractivity contribution in [2.24, 2.45) is 7.05 Å². The van der Waals surface area contributed by atoms with Crippen LogP contribution in [0.4, 0.5) is 5.82 Å². The number of sulfonamides is 1. The van der Waals surface area contributed by atoms with Gasteiger partial charge in [0.15, 0.2) is 11.1 Å². The van der Waals surface area contributed by atoms with E-state index < -0.39 is 21.2 Å². The number of aryl methyl sites for hydroxylation is 1. The molecule has 8 nitrogen and oxygen atoms in total. The van der Waals surface area contributed by atoms with Gasteiger partial charge in [-0.1, -0.05) is 0 Å². The lowest BCUT2D eigenvalue weighted by Gasteiger charge is -2.11. The molecule has 0 aliphatic carbocycles. The van der Waals surface area contributed by atoms with E-state index in [1.54, 1.807) is 13.1 Å². The zero-order chi connectivity index (χ0) is 13.9. The third-order valence-electron chi connectivity index (χ3n) is 2.19. The number of aromatic nitrogens is 2. The van der Waals surface area contributed by atoms with Crippen LogP contribution in [0, 0.1) is 11.3 Å². The van der Waals surface area contributed by atoms with Crippen molar-refractivity contribution in [3.8, 4) is 6.07 Å². The molecule has 1 unspecified atom stereocenters. The Hall–Kier alpha value is -2.08. The number of nitriles is 1. The summed E-state index contributed by atoms with van der Waals surface area (Å²) in [5.41, 5.74) is 0.0677. The predicted octanol–water partition coefficient (Wildman–Crippen LogP) is -0.405. The summed E-state index contributed by atoms with van der Waals surface area (Å²) in [6, 6.07) is 1.79. The zero-order valence-corrected chi connectivity index (χ0v) is 10.9. The van der Waals surface area contributed by atoms with Gasteiger partial charge in [-0.3, -0.25) is 14.2 Å². The van der Waals surface area contributed by atoms with Gasteiger partial charge in [0.2, 0.25) is 10.0 Å². The summed E-state index contributed by atoms with van der Waals surface area (Å²) in [6.45, 7) is 1.18. The summed E-state index contributed by atoms with van der Waals surface area (Å²) in [5, 5.41) is 11.2. The first kappa shape index (κ1) is 14.0. The van der Waals surface area contributed by atoms with Gasteiger partial charge in [0.25, 0.3) is 0 Å². The molecule has 1 heterocycles. The summed E-state index contributed by atoms with van der Waals surface area (Å²) in [4.78, 5) is 11.2. The molecule has 0 radical (unpaired) electrons. The Morgan fingerprint density at radius 1 is 1.67 bits per heavy atom. The molecule has 0 aliphatic heterocycles. The minimum atomic E-state index is -4.00. The molecule has 0 bridgehead atoms. The average Bonchev–Trinajstić information content (AvgIpc) is 2.66. The van der Waals surface area contributed by atoms with Crippen molar-refractivity contribution in [2.75, 3.05) is 11.8 Å². The quantitative estimate of drug-likeness (QED) is 0.745. The number of anilines is 1. The first-order chi connectivity index (χ1) is 8.31. The fourth-order valence-electron chi connectivity index (χ4n) is 1.16. The SMILES string of the molecule is COC(=O)C(C)S(=O)(=O)Nc1nn(C)cc1C#N. The lowest BCUT2D eigenvalue weighted by Crippen LogP contribution is -2.33. The molecule has 0 saturated carbocycles. The Morgan fingerprint density at radius 2 is 2.28 bits per heavy atom. The van der Waals surface area contributed by atoms with Crippen molar-refractivity contribution in [3.05, 3.63) is 11.8 Å². The zero-order valence-electron chi connectivity index (χ0n) is 10.0. The van der Waals surface area contributed by atoms with E-state index in [0.29, 0.717) is 0 Å². The average molecular weight is 272 g/mol. The van der Waals surface area contributed by atoms with E-state index >= 15 is 0 Å².